The molecule has 27 heavy (non-hydrogen) atoms. The molecule has 0 unspecified atom stereocenters. The van der Waals surface area contributed by atoms with Crippen LogP contribution in [0.3, 0.4) is 0 Å². The highest BCUT2D eigenvalue weighted by Crippen LogP contribution is 2.54. The van der Waals surface area contributed by atoms with E-state index in [1.54, 1.807) is 0 Å². The predicted octanol–water partition coefficient (Wildman–Crippen LogP) is 2.61. The van der Waals surface area contributed by atoms with Crippen LogP contribution in [-0.4, -0.2) is 52.6 Å². The van der Waals surface area contributed by atoms with Gasteiger partial charge in [-0.15, -0.1) is 0 Å². The molecule has 3 saturated heterocycles. The van der Waals surface area contributed by atoms with Crippen LogP contribution in [0.2, 0.25) is 0 Å². The van der Waals surface area contributed by atoms with Crippen molar-refractivity contribution in [1.29, 1.82) is 0 Å². The summed E-state index contributed by atoms with van der Waals surface area (Å²) in [4.78, 5) is 30.4. The Kier molecular flexibility index (Phi) is 3.55. The van der Waals surface area contributed by atoms with Crippen molar-refractivity contribution < 1.29 is 14.3 Å². The Balaban J connectivity index is 1.44. The topological polar surface area (TPSA) is 49.9 Å². The van der Waals surface area contributed by atoms with E-state index in [1.807, 2.05) is 9.80 Å². The number of benzene rings is 1. The molecule has 1 aromatic rings. The van der Waals surface area contributed by atoms with Crippen LogP contribution in [0.25, 0.3) is 0 Å². The minimum Gasteiger partial charge on any atom is -0.351 e. The zero-order chi connectivity index (χ0) is 19.0. The highest BCUT2D eigenvalue weighted by atomic mass is 16.5. The molecular formula is C22H28N2O3. The lowest BCUT2D eigenvalue weighted by atomic mass is 9.93. The summed E-state index contributed by atoms with van der Waals surface area (Å²) in [6.45, 7) is 7.62. The summed E-state index contributed by atoms with van der Waals surface area (Å²) in [6.07, 6.45) is 2.94. The van der Waals surface area contributed by atoms with E-state index in [0.29, 0.717) is 25.5 Å². The van der Waals surface area contributed by atoms with Crippen molar-refractivity contribution in [3.63, 3.8) is 0 Å². The molecule has 4 fully saturated rings. The summed E-state index contributed by atoms with van der Waals surface area (Å²) in [5.74, 6) is 0.701. The van der Waals surface area contributed by atoms with E-state index in [-0.39, 0.29) is 29.3 Å². The average molecular weight is 368 g/mol. The van der Waals surface area contributed by atoms with Crippen LogP contribution in [0, 0.1) is 12.8 Å². The second-order valence-electron chi connectivity index (χ2n) is 9.15. The molecule has 5 nitrogen and oxygen atoms in total. The van der Waals surface area contributed by atoms with E-state index in [1.165, 1.54) is 5.56 Å². The number of likely N-dealkylation sites (tertiary alicyclic amines) is 1. The van der Waals surface area contributed by atoms with Gasteiger partial charge >= 0.3 is 0 Å². The first kappa shape index (κ1) is 17.2. The lowest BCUT2D eigenvalue weighted by molar-refractivity contribution is -0.142. The first-order valence-corrected chi connectivity index (χ1v) is 10.2. The van der Waals surface area contributed by atoms with E-state index in [4.69, 9.17) is 4.74 Å². The quantitative estimate of drug-likeness (QED) is 0.824. The highest BCUT2D eigenvalue weighted by molar-refractivity contribution is 5.93. The van der Waals surface area contributed by atoms with Crippen LogP contribution in [0.5, 0.6) is 0 Å². The van der Waals surface area contributed by atoms with Gasteiger partial charge in [-0.1, -0.05) is 43.7 Å². The summed E-state index contributed by atoms with van der Waals surface area (Å²) in [7, 11) is 0. The molecule has 1 aliphatic carbocycles. The van der Waals surface area contributed by atoms with E-state index in [0.717, 1.165) is 24.8 Å². The fourth-order valence-electron chi connectivity index (χ4n) is 5.51. The van der Waals surface area contributed by atoms with Crippen LogP contribution in [0.1, 0.15) is 50.7 Å². The SMILES string of the molecule is Cc1ccc(C2(C(=O)N3CC[C@@]45OC[C@@H](C(C)C)N4C(=O)C[C@@H]35)CC2)cc1. The number of ether oxygens (including phenoxy) is 1. The number of amides is 2. The number of carbonyl (C=O) groups is 2. The number of aryl methyl sites for hydroxylation is 1. The Morgan fingerprint density at radius 3 is 2.52 bits per heavy atom. The molecular weight excluding hydrogens is 340 g/mol. The van der Waals surface area contributed by atoms with Crippen LogP contribution in [-0.2, 0) is 19.7 Å². The Bertz CT molecular complexity index is 798. The average Bonchev–Trinajstić information content (AvgIpc) is 3.14. The molecule has 5 heteroatoms. The van der Waals surface area contributed by atoms with Gasteiger partial charge in [-0.25, -0.2) is 0 Å². The molecule has 5 rings (SSSR count). The Hall–Kier alpha value is -1.88. The molecule has 2 amide bonds. The van der Waals surface area contributed by atoms with Gasteiger partial charge in [-0.3, -0.25) is 9.59 Å². The monoisotopic (exact) mass is 368 g/mol. The van der Waals surface area contributed by atoms with Crippen molar-refractivity contribution in [2.24, 2.45) is 5.92 Å². The normalized spacial score (nSPS) is 33.6. The molecule has 144 valence electrons. The Morgan fingerprint density at radius 2 is 1.89 bits per heavy atom. The van der Waals surface area contributed by atoms with Crippen molar-refractivity contribution >= 4 is 11.8 Å². The van der Waals surface area contributed by atoms with E-state index in [9.17, 15) is 9.59 Å². The van der Waals surface area contributed by atoms with E-state index >= 15 is 0 Å². The number of hydrogen-bond acceptors (Lipinski definition) is 3. The second-order valence-corrected chi connectivity index (χ2v) is 9.15. The van der Waals surface area contributed by atoms with Crippen LogP contribution in [0.15, 0.2) is 24.3 Å². The van der Waals surface area contributed by atoms with Gasteiger partial charge in [0.15, 0.2) is 5.72 Å². The molecule has 1 aromatic carbocycles. The summed E-state index contributed by atoms with van der Waals surface area (Å²) in [6, 6.07) is 8.36. The van der Waals surface area contributed by atoms with Gasteiger partial charge in [0.1, 0.15) is 0 Å². The standard InChI is InChI=1S/C22H28N2O3/c1-14(2)17-13-27-22-10-11-23(18(22)12-19(25)24(17)22)20(26)21(8-9-21)16-6-4-15(3)5-7-16/h4-7,14,17-18H,8-13H2,1-3H3/t17-,18+,22-/m0/s1. The maximum Gasteiger partial charge on any atom is 0.233 e. The first-order chi connectivity index (χ1) is 12.9. The molecule has 4 aliphatic rings. The molecule has 0 aromatic heterocycles. The Labute approximate surface area is 160 Å². The molecule has 0 N–H and O–H groups in total. The fraction of sp³-hybridized carbons (Fsp3) is 0.636. The van der Waals surface area contributed by atoms with E-state index < -0.39 is 5.72 Å². The van der Waals surface area contributed by atoms with Crippen LogP contribution >= 0.6 is 0 Å². The summed E-state index contributed by atoms with van der Waals surface area (Å²) >= 11 is 0. The lowest BCUT2D eigenvalue weighted by Gasteiger charge is -2.35. The van der Waals surface area contributed by atoms with Crippen molar-refractivity contribution in [1.82, 2.24) is 9.80 Å². The fourth-order valence-corrected chi connectivity index (χ4v) is 5.51. The molecule has 0 radical (unpaired) electrons. The largest absolute Gasteiger partial charge is 0.351 e. The first-order valence-electron chi connectivity index (χ1n) is 10.2. The molecule has 1 saturated carbocycles. The minimum atomic E-state index is -0.578. The third kappa shape index (κ3) is 2.21. The predicted molar refractivity (Wildman–Crippen MR) is 101 cm³/mol. The second kappa shape index (κ2) is 5.57. The molecule has 0 bridgehead atoms. The minimum absolute atomic E-state index is 0.129. The van der Waals surface area contributed by atoms with Gasteiger partial charge in [0.2, 0.25) is 11.8 Å². The van der Waals surface area contributed by atoms with Crippen molar-refractivity contribution in [2.75, 3.05) is 13.2 Å². The van der Waals surface area contributed by atoms with Crippen molar-refractivity contribution in [2.45, 2.75) is 69.7 Å². The lowest BCUT2D eigenvalue weighted by Crippen LogP contribution is -2.52. The molecule has 1 spiro atoms. The zero-order valence-electron chi connectivity index (χ0n) is 16.4. The highest BCUT2D eigenvalue weighted by Gasteiger charge is 2.67. The van der Waals surface area contributed by atoms with Gasteiger partial charge in [0, 0.05) is 13.0 Å². The van der Waals surface area contributed by atoms with E-state index in [2.05, 4.69) is 45.0 Å². The third-order valence-electron chi connectivity index (χ3n) is 7.28. The number of nitrogens with zero attached hydrogens (tertiary/aromatic N) is 2. The van der Waals surface area contributed by atoms with Crippen LogP contribution < -0.4 is 0 Å². The van der Waals surface area contributed by atoms with Gasteiger partial charge in [0.25, 0.3) is 0 Å². The molecule has 3 atom stereocenters. The molecule has 3 aliphatic heterocycles. The molecule has 3 heterocycles. The maximum absolute atomic E-state index is 13.6. The number of rotatable bonds is 3. The van der Waals surface area contributed by atoms with Crippen molar-refractivity contribution in [3.05, 3.63) is 35.4 Å². The van der Waals surface area contributed by atoms with Gasteiger partial charge in [-0.2, -0.15) is 0 Å². The van der Waals surface area contributed by atoms with Gasteiger partial charge < -0.3 is 14.5 Å². The number of carbonyl (C=O) groups excluding carboxylic acids is 2. The Morgan fingerprint density at radius 1 is 1.19 bits per heavy atom. The smallest absolute Gasteiger partial charge is 0.233 e. The third-order valence-corrected chi connectivity index (χ3v) is 7.28. The summed E-state index contributed by atoms with van der Waals surface area (Å²) in [5, 5.41) is 0. The zero-order valence-corrected chi connectivity index (χ0v) is 16.4. The summed E-state index contributed by atoms with van der Waals surface area (Å²) in [5.41, 5.74) is 1.36. The van der Waals surface area contributed by atoms with Crippen molar-refractivity contribution in [3.8, 4) is 0 Å². The van der Waals surface area contributed by atoms with Gasteiger partial charge in [0.05, 0.1) is 30.5 Å². The summed E-state index contributed by atoms with van der Waals surface area (Å²) < 4.78 is 6.28. The number of hydrogen-bond donors (Lipinski definition) is 0. The van der Waals surface area contributed by atoms with Gasteiger partial charge in [-0.05, 0) is 31.2 Å². The van der Waals surface area contributed by atoms with Crippen LogP contribution in [0.4, 0.5) is 0 Å². The maximum atomic E-state index is 13.6.